The number of fused-ring (bicyclic) bond motifs is 1. The highest BCUT2D eigenvalue weighted by Crippen LogP contribution is 2.47. The maximum atomic E-state index is 13.2. The van der Waals surface area contributed by atoms with E-state index in [1.165, 1.54) is 17.2 Å². The Bertz CT molecular complexity index is 597. The largest absolute Gasteiger partial charge is 0.206 e. The number of hydrogen-bond donors (Lipinski definition) is 0. The van der Waals surface area contributed by atoms with Gasteiger partial charge in [0.25, 0.3) is 0 Å². The van der Waals surface area contributed by atoms with E-state index >= 15 is 0 Å². The Hall–Kier alpha value is -0.860. The van der Waals surface area contributed by atoms with Crippen molar-refractivity contribution < 1.29 is 4.39 Å². The van der Waals surface area contributed by atoms with E-state index in [0.717, 1.165) is 12.0 Å². The summed E-state index contributed by atoms with van der Waals surface area (Å²) in [6, 6.07) is 13.3. The first kappa shape index (κ1) is 12.2. The standard InChI is InChI=1S/C15H11BrClF/c16-13-8-10(5-6-14(13)18)15(17)12-7-9-3-1-2-4-11(9)12/h1-6,8,12,15H,7H2. The third-order valence-corrected chi connectivity index (χ3v) is 4.67. The predicted octanol–water partition coefficient (Wildman–Crippen LogP) is 5.21. The number of benzene rings is 2. The number of hydrogen-bond acceptors (Lipinski definition) is 0. The van der Waals surface area contributed by atoms with Crippen LogP contribution in [-0.4, -0.2) is 0 Å². The van der Waals surface area contributed by atoms with Gasteiger partial charge in [-0.2, -0.15) is 0 Å². The summed E-state index contributed by atoms with van der Waals surface area (Å²) in [4.78, 5) is 0. The zero-order chi connectivity index (χ0) is 12.7. The van der Waals surface area contributed by atoms with E-state index in [9.17, 15) is 4.39 Å². The molecule has 0 bridgehead atoms. The topological polar surface area (TPSA) is 0 Å². The molecule has 0 spiro atoms. The molecule has 3 rings (SSSR count). The zero-order valence-electron chi connectivity index (χ0n) is 9.54. The molecule has 92 valence electrons. The van der Waals surface area contributed by atoms with E-state index in [2.05, 4.69) is 28.1 Å². The van der Waals surface area contributed by atoms with Crippen molar-refractivity contribution >= 4 is 27.5 Å². The third-order valence-electron chi connectivity index (χ3n) is 3.51. The van der Waals surface area contributed by atoms with Crippen molar-refractivity contribution in [3.63, 3.8) is 0 Å². The van der Waals surface area contributed by atoms with Gasteiger partial charge in [-0.3, -0.25) is 0 Å². The molecule has 0 fully saturated rings. The molecule has 0 saturated carbocycles. The van der Waals surface area contributed by atoms with Crippen molar-refractivity contribution in [2.24, 2.45) is 0 Å². The second kappa shape index (κ2) is 4.67. The maximum Gasteiger partial charge on any atom is 0.137 e. The van der Waals surface area contributed by atoms with Gasteiger partial charge in [0.05, 0.1) is 9.85 Å². The van der Waals surface area contributed by atoms with E-state index in [0.29, 0.717) is 10.4 Å². The Morgan fingerprint density at radius 2 is 2.00 bits per heavy atom. The number of rotatable bonds is 2. The van der Waals surface area contributed by atoms with Crippen molar-refractivity contribution in [1.29, 1.82) is 0 Å². The predicted molar refractivity (Wildman–Crippen MR) is 75.6 cm³/mol. The second-order valence-electron chi connectivity index (χ2n) is 4.58. The van der Waals surface area contributed by atoms with Gasteiger partial charge in [-0.05, 0) is 51.2 Å². The van der Waals surface area contributed by atoms with Crippen LogP contribution in [0.25, 0.3) is 0 Å². The highest BCUT2D eigenvalue weighted by molar-refractivity contribution is 9.10. The lowest BCUT2D eigenvalue weighted by Crippen LogP contribution is -2.21. The third kappa shape index (κ3) is 1.98. The van der Waals surface area contributed by atoms with E-state index in [-0.39, 0.29) is 11.2 Å². The van der Waals surface area contributed by atoms with Gasteiger partial charge in [0.1, 0.15) is 5.82 Å². The first-order valence-corrected chi connectivity index (χ1v) is 7.06. The van der Waals surface area contributed by atoms with Crippen LogP contribution in [0.4, 0.5) is 4.39 Å². The van der Waals surface area contributed by atoms with E-state index in [4.69, 9.17) is 11.6 Å². The molecule has 0 amide bonds. The van der Waals surface area contributed by atoms with E-state index in [1.54, 1.807) is 12.1 Å². The van der Waals surface area contributed by atoms with Gasteiger partial charge in [-0.25, -0.2) is 4.39 Å². The molecule has 3 heteroatoms. The average molecular weight is 326 g/mol. The van der Waals surface area contributed by atoms with Gasteiger partial charge in [0.2, 0.25) is 0 Å². The molecule has 1 aliphatic carbocycles. The van der Waals surface area contributed by atoms with Gasteiger partial charge >= 0.3 is 0 Å². The van der Waals surface area contributed by atoms with Crippen molar-refractivity contribution in [2.45, 2.75) is 17.7 Å². The van der Waals surface area contributed by atoms with E-state index < -0.39 is 0 Å². The molecule has 2 atom stereocenters. The zero-order valence-corrected chi connectivity index (χ0v) is 11.9. The summed E-state index contributed by atoms with van der Waals surface area (Å²) in [7, 11) is 0. The van der Waals surface area contributed by atoms with Gasteiger partial charge in [0.15, 0.2) is 0 Å². The van der Waals surface area contributed by atoms with Crippen LogP contribution >= 0.6 is 27.5 Å². The second-order valence-corrected chi connectivity index (χ2v) is 5.91. The van der Waals surface area contributed by atoms with Crippen molar-refractivity contribution in [3.05, 3.63) is 69.4 Å². The molecule has 0 heterocycles. The molecule has 0 aromatic heterocycles. The summed E-state index contributed by atoms with van der Waals surface area (Å²) in [5, 5.41) is -0.100. The van der Waals surface area contributed by atoms with Crippen LogP contribution in [0.1, 0.15) is 28.0 Å². The molecule has 0 radical (unpaired) electrons. The van der Waals surface area contributed by atoms with Crippen LogP contribution in [0.5, 0.6) is 0 Å². The van der Waals surface area contributed by atoms with Gasteiger partial charge < -0.3 is 0 Å². The van der Waals surface area contributed by atoms with Crippen LogP contribution in [0.15, 0.2) is 46.9 Å². The van der Waals surface area contributed by atoms with Gasteiger partial charge in [0, 0.05) is 5.92 Å². The Balaban J connectivity index is 1.88. The summed E-state index contributed by atoms with van der Waals surface area (Å²) in [5.74, 6) is 0.0804. The Morgan fingerprint density at radius 1 is 1.22 bits per heavy atom. The van der Waals surface area contributed by atoms with Crippen LogP contribution in [0.3, 0.4) is 0 Å². The fraction of sp³-hybridized carbons (Fsp3) is 0.200. The van der Waals surface area contributed by atoms with Gasteiger partial charge in [-0.1, -0.05) is 30.3 Å². The quantitative estimate of drug-likeness (QED) is 0.665. The first-order chi connectivity index (χ1) is 8.66. The Morgan fingerprint density at radius 3 is 2.72 bits per heavy atom. The number of halogens is 3. The minimum atomic E-state index is -0.253. The summed E-state index contributed by atoms with van der Waals surface area (Å²) in [6.07, 6.45) is 0.999. The molecule has 2 unspecified atom stereocenters. The molecule has 0 nitrogen and oxygen atoms in total. The summed E-state index contributed by atoms with van der Waals surface area (Å²) >= 11 is 9.72. The molecule has 18 heavy (non-hydrogen) atoms. The molecular weight excluding hydrogens is 315 g/mol. The molecule has 1 aliphatic rings. The highest BCUT2D eigenvalue weighted by atomic mass is 79.9. The van der Waals surface area contributed by atoms with Crippen molar-refractivity contribution in [2.75, 3.05) is 0 Å². The Kier molecular flexibility index (Phi) is 3.16. The van der Waals surface area contributed by atoms with Crippen LogP contribution in [0.2, 0.25) is 0 Å². The normalized spacial score (nSPS) is 18.9. The molecule has 0 N–H and O–H groups in total. The SMILES string of the molecule is Fc1ccc(C(Cl)C2Cc3ccccc32)cc1Br. The highest BCUT2D eigenvalue weighted by Gasteiger charge is 2.32. The lowest BCUT2D eigenvalue weighted by Gasteiger charge is -2.33. The fourth-order valence-electron chi connectivity index (χ4n) is 2.47. The molecule has 0 saturated heterocycles. The monoisotopic (exact) mass is 324 g/mol. The summed E-state index contributed by atoms with van der Waals surface area (Å²) < 4.78 is 13.7. The Labute approximate surface area is 119 Å². The fourth-order valence-corrected chi connectivity index (χ4v) is 3.23. The summed E-state index contributed by atoms with van der Waals surface area (Å²) in [6.45, 7) is 0. The van der Waals surface area contributed by atoms with Gasteiger partial charge in [-0.15, -0.1) is 11.6 Å². The van der Waals surface area contributed by atoms with Crippen LogP contribution in [-0.2, 0) is 6.42 Å². The molecule has 0 aliphatic heterocycles. The lowest BCUT2D eigenvalue weighted by atomic mass is 9.74. The van der Waals surface area contributed by atoms with Crippen LogP contribution in [0, 0.1) is 5.82 Å². The maximum absolute atomic E-state index is 13.2. The van der Waals surface area contributed by atoms with Crippen molar-refractivity contribution in [3.8, 4) is 0 Å². The minimum Gasteiger partial charge on any atom is -0.206 e. The smallest absolute Gasteiger partial charge is 0.137 e. The molecular formula is C15H11BrClF. The first-order valence-electron chi connectivity index (χ1n) is 5.83. The van der Waals surface area contributed by atoms with Crippen molar-refractivity contribution in [1.82, 2.24) is 0 Å². The van der Waals surface area contributed by atoms with Crippen LogP contribution < -0.4 is 0 Å². The molecule has 2 aromatic rings. The average Bonchev–Trinajstić information content (AvgIpc) is 2.34. The number of alkyl halides is 1. The van der Waals surface area contributed by atoms with E-state index in [1.807, 2.05) is 12.1 Å². The summed E-state index contributed by atoms with van der Waals surface area (Å²) in [5.41, 5.74) is 3.65. The molecule has 2 aromatic carbocycles. The minimum absolute atomic E-state index is 0.100. The lowest BCUT2D eigenvalue weighted by molar-refractivity contribution is 0.583.